The molecule has 5 aromatic rings. The van der Waals surface area contributed by atoms with Gasteiger partial charge in [-0.05, 0) is 52.6 Å². The van der Waals surface area contributed by atoms with Gasteiger partial charge in [0.1, 0.15) is 5.82 Å². The Kier molecular flexibility index (Phi) is 6.32. The minimum atomic E-state index is -0.373. The normalized spacial score (nSPS) is 11.9. The third-order valence-electron chi connectivity index (χ3n) is 5.90. The average molecular weight is 466 g/mol. The highest BCUT2D eigenvalue weighted by atomic mass is 19.1. The van der Waals surface area contributed by atoms with Gasteiger partial charge in [-0.25, -0.2) is 9.37 Å². The van der Waals surface area contributed by atoms with Crippen molar-refractivity contribution in [3.8, 4) is 22.4 Å². The van der Waals surface area contributed by atoms with Gasteiger partial charge in [0.2, 0.25) is 5.95 Å². The minimum Gasteiger partial charge on any atom is -0.354 e. The molecule has 0 saturated heterocycles. The number of fused-ring (bicyclic) bond motifs is 1. The summed E-state index contributed by atoms with van der Waals surface area (Å²) in [7, 11) is 0. The summed E-state index contributed by atoms with van der Waals surface area (Å²) in [5.74, 6) is -0.0527. The fraction of sp³-hybridized carbons (Fsp3) is 0.107. The summed E-state index contributed by atoms with van der Waals surface area (Å²) in [5.41, 5.74) is 9.43. The van der Waals surface area contributed by atoms with Crippen LogP contribution in [0.1, 0.15) is 5.56 Å². The molecule has 35 heavy (non-hydrogen) atoms. The standard InChI is InChI=1S/C28H24FN5O/c29-22-10-8-19(9-11-22)25-26(20-12-14-31-15-13-20)33-28(34-27(25)35)32-17-23(30)16-21-6-3-5-18-4-1-2-7-24(18)21/h1-15,23H,16-17,30H2,(H2,32,33,34,35). The van der Waals surface area contributed by atoms with Gasteiger partial charge in [0.25, 0.3) is 5.56 Å². The van der Waals surface area contributed by atoms with E-state index in [-0.39, 0.29) is 17.4 Å². The maximum atomic E-state index is 13.5. The summed E-state index contributed by atoms with van der Waals surface area (Å²) in [6.45, 7) is 0.415. The van der Waals surface area contributed by atoms with Crippen molar-refractivity contribution in [2.45, 2.75) is 12.5 Å². The van der Waals surface area contributed by atoms with Gasteiger partial charge < -0.3 is 11.1 Å². The molecule has 0 bridgehead atoms. The molecule has 0 aliphatic carbocycles. The number of aromatic amines is 1. The molecule has 0 fully saturated rings. The van der Waals surface area contributed by atoms with Crippen LogP contribution in [0.2, 0.25) is 0 Å². The average Bonchev–Trinajstić information content (AvgIpc) is 2.89. The number of nitrogens with zero attached hydrogens (tertiary/aromatic N) is 2. The van der Waals surface area contributed by atoms with Crippen LogP contribution in [0.3, 0.4) is 0 Å². The zero-order valence-electron chi connectivity index (χ0n) is 18.9. The van der Waals surface area contributed by atoms with Crippen LogP contribution in [0.4, 0.5) is 10.3 Å². The van der Waals surface area contributed by atoms with Crippen LogP contribution in [-0.2, 0) is 6.42 Å². The van der Waals surface area contributed by atoms with Crippen molar-refractivity contribution in [1.82, 2.24) is 15.0 Å². The van der Waals surface area contributed by atoms with Gasteiger partial charge >= 0.3 is 0 Å². The highest BCUT2D eigenvalue weighted by molar-refractivity contribution is 5.85. The molecule has 174 valence electrons. The van der Waals surface area contributed by atoms with E-state index in [9.17, 15) is 9.18 Å². The third-order valence-corrected chi connectivity index (χ3v) is 5.90. The monoisotopic (exact) mass is 465 g/mol. The Morgan fingerprint density at radius 2 is 1.66 bits per heavy atom. The van der Waals surface area contributed by atoms with E-state index in [1.165, 1.54) is 28.5 Å². The molecular weight excluding hydrogens is 441 g/mol. The van der Waals surface area contributed by atoms with Crippen LogP contribution in [0.5, 0.6) is 0 Å². The number of rotatable bonds is 7. The number of hydrogen-bond acceptors (Lipinski definition) is 5. The van der Waals surface area contributed by atoms with Crippen LogP contribution in [0, 0.1) is 5.82 Å². The van der Waals surface area contributed by atoms with Crippen LogP contribution >= 0.6 is 0 Å². The molecular formula is C28H24FN5O. The Bertz CT molecular complexity index is 1510. The van der Waals surface area contributed by atoms with Crippen LogP contribution in [0.25, 0.3) is 33.2 Å². The van der Waals surface area contributed by atoms with E-state index >= 15 is 0 Å². The SMILES string of the molecule is NC(CNc1nc(-c2ccncc2)c(-c2ccc(F)cc2)c(=O)[nH]1)Cc1cccc2ccccc12. The summed E-state index contributed by atoms with van der Waals surface area (Å²) < 4.78 is 13.5. The van der Waals surface area contributed by atoms with Gasteiger partial charge in [-0.1, -0.05) is 54.6 Å². The highest BCUT2D eigenvalue weighted by Gasteiger charge is 2.16. The van der Waals surface area contributed by atoms with Crippen molar-refractivity contribution >= 4 is 16.7 Å². The number of H-pyrrole nitrogens is 1. The molecule has 2 heterocycles. The van der Waals surface area contributed by atoms with E-state index in [0.29, 0.717) is 35.7 Å². The molecule has 4 N–H and O–H groups in total. The zero-order valence-corrected chi connectivity index (χ0v) is 18.9. The molecule has 7 heteroatoms. The largest absolute Gasteiger partial charge is 0.354 e. The van der Waals surface area contributed by atoms with Crippen molar-refractivity contribution in [3.05, 3.63) is 113 Å². The first kappa shape index (κ1) is 22.4. The van der Waals surface area contributed by atoms with Crippen molar-refractivity contribution in [2.24, 2.45) is 5.73 Å². The molecule has 3 aromatic carbocycles. The minimum absolute atomic E-state index is 0.202. The first-order valence-electron chi connectivity index (χ1n) is 11.4. The Hall–Kier alpha value is -4.36. The molecule has 1 atom stereocenters. The number of benzene rings is 3. The van der Waals surface area contributed by atoms with Gasteiger partial charge in [-0.15, -0.1) is 0 Å². The molecule has 2 aromatic heterocycles. The predicted molar refractivity (Wildman–Crippen MR) is 138 cm³/mol. The lowest BCUT2D eigenvalue weighted by Crippen LogP contribution is -2.32. The summed E-state index contributed by atoms with van der Waals surface area (Å²) in [5, 5.41) is 5.54. The Balaban J connectivity index is 1.42. The number of pyridine rings is 1. The van der Waals surface area contributed by atoms with Crippen molar-refractivity contribution in [3.63, 3.8) is 0 Å². The lowest BCUT2D eigenvalue weighted by molar-refractivity contribution is 0.628. The number of anilines is 1. The molecule has 1 unspecified atom stereocenters. The molecule has 0 saturated carbocycles. The molecule has 5 rings (SSSR count). The molecule has 0 amide bonds. The van der Waals surface area contributed by atoms with Gasteiger partial charge in [0.05, 0.1) is 11.3 Å². The number of hydrogen-bond donors (Lipinski definition) is 3. The van der Waals surface area contributed by atoms with Gasteiger partial charge in [-0.3, -0.25) is 14.8 Å². The lowest BCUT2D eigenvalue weighted by Gasteiger charge is -2.16. The topological polar surface area (TPSA) is 96.7 Å². The molecule has 6 nitrogen and oxygen atoms in total. The van der Waals surface area contributed by atoms with E-state index in [4.69, 9.17) is 5.73 Å². The maximum Gasteiger partial charge on any atom is 0.260 e. The zero-order chi connectivity index (χ0) is 24.2. The van der Waals surface area contributed by atoms with E-state index in [2.05, 4.69) is 44.5 Å². The number of nitrogens with one attached hydrogen (secondary N) is 2. The van der Waals surface area contributed by atoms with Crippen molar-refractivity contribution in [1.29, 1.82) is 0 Å². The fourth-order valence-corrected chi connectivity index (χ4v) is 4.21. The Labute approximate surface area is 201 Å². The molecule has 0 radical (unpaired) electrons. The molecule has 0 aliphatic rings. The van der Waals surface area contributed by atoms with Crippen molar-refractivity contribution in [2.75, 3.05) is 11.9 Å². The first-order chi connectivity index (χ1) is 17.1. The fourth-order valence-electron chi connectivity index (χ4n) is 4.21. The van der Waals surface area contributed by atoms with E-state index in [1.54, 1.807) is 36.7 Å². The van der Waals surface area contributed by atoms with E-state index in [1.807, 2.05) is 18.2 Å². The lowest BCUT2D eigenvalue weighted by atomic mass is 9.99. The molecule has 0 aliphatic heterocycles. The number of halogens is 1. The second-order valence-corrected chi connectivity index (χ2v) is 8.36. The van der Waals surface area contributed by atoms with Gasteiger partial charge in [-0.2, -0.15) is 0 Å². The number of nitrogens with two attached hydrogens (primary N) is 1. The third kappa shape index (κ3) is 4.95. The highest BCUT2D eigenvalue weighted by Crippen LogP contribution is 2.28. The van der Waals surface area contributed by atoms with Crippen molar-refractivity contribution < 1.29 is 4.39 Å². The van der Waals surface area contributed by atoms with Crippen LogP contribution in [0.15, 0.2) is 96.1 Å². The summed E-state index contributed by atoms with van der Waals surface area (Å²) >= 11 is 0. The van der Waals surface area contributed by atoms with Gasteiger partial charge in [0.15, 0.2) is 0 Å². The van der Waals surface area contributed by atoms with E-state index < -0.39 is 0 Å². The summed E-state index contributed by atoms with van der Waals surface area (Å²) in [4.78, 5) is 24.7. The molecule has 0 spiro atoms. The van der Waals surface area contributed by atoms with E-state index in [0.717, 1.165) is 5.56 Å². The Morgan fingerprint density at radius 3 is 2.46 bits per heavy atom. The Morgan fingerprint density at radius 1 is 0.914 bits per heavy atom. The second kappa shape index (κ2) is 9.87. The van der Waals surface area contributed by atoms with Crippen LogP contribution in [-0.4, -0.2) is 27.5 Å². The summed E-state index contributed by atoms with van der Waals surface area (Å²) in [6, 6.07) is 23.6. The smallest absolute Gasteiger partial charge is 0.260 e. The quantitative estimate of drug-likeness (QED) is 0.322. The maximum absolute atomic E-state index is 13.5. The van der Waals surface area contributed by atoms with Gasteiger partial charge in [0, 0.05) is 30.5 Å². The predicted octanol–water partition coefficient (Wildman–Crippen LogP) is 4.77. The first-order valence-corrected chi connectivity index (χ1v) is 11.4. The number of aromatic nitrogens is 3. The summed E-state index contributed by atoms with van der Waals surface area (Å²) in [6.07, 6.45) is 3.95. The second-order valence-electron chi connectivity index (χ2n) is 8.36. The van der Waals surface area contributed by atoms with Crippen LogP contribution < -0.4 is 16.6 Å².